The number of nitrogens with one attached hydrogen (secondary N) is 3. The van der Waals surface area contributed by atoms with Crippen LogP contribution in [0.25, 0.3) is 0 Å². The van der Waals surface area contributed by atoms with Gasteiger partial charge < -0.3 is 21.7 Å². The van der Waals surface area contributed by atoms with Gasteiger partial charge in [-0.15, -0.1) is 0 Å². The Hall–Kier alpha value is -4.82. The molecule has 0 bridgehead atoms. The number of aryl methyl sites for hydroxylation is 1. The minimum atomic E-state index is -0.326. The monoisotopic (exact) mass is 480 g/mol. The van der Waals surface area contributed by atoms with Crippen LogP contribution >= 0.6 is 0 Å². The minimum Gasteiger partial charge on any atom is -0.326 e. The predicted molar refractivity (Wildman–Crippen MR) is 139 cm³/mol. The molecule has 0 saturated carbocycles. The Morgan fingerprint density at radius 1 is 0.639 bits per heavy atom. The van der Waals surface area contributed by atoms with Gasteiger partial charge in [-0.25, -0.2) is 4.57 Å². The molecule has 8 heteroatoms. The lowest BCUT2D eigenvalue weighted by molar-refractivity contribution is -0.670. The smallest absolute Gasteiger partial charge is 0.255 e. The molecule has 0 fully saturated rings. The van der Waals surface area contributed by atoms with Crippen LogP contribution in [-0.4, -0.2) is 17.7 Å². The van der Waals surface area contributed by atoms with Crippen molar-refractivity contribution < 1.29 is 19.0 Å². The summed E-state index contributed by atoms with van der Waals surface area (Å²) in [5, 5.41) is 8.45. The van der Waals surface area contributed by atoms with Gasteiger partial charge in [0.05, 0.1) is 0 Å². The Bertz CT molecular complexity index is 1380. The van der Waals surface area contributed by atoms with Crippen LogP contribution in [0.15, 0.2) is 97.3 Å². The molecule has 0 spiro atoms. The predicted octanol–water partition coefficient (Wildman–Crippen LogP) is 3.73. The van der Waals surface area contributed by atoms with E-state index in [2.05, 4.69) is 16.0 Å². The van der Waals surface area contributed by atoms with E-state index in [-0.39, 0.29) is 17.7 Å². The van der Waals surface area contributed by atoms with E-state index in [0.29, 0.717) is 40.3 Å². The van der Waals surface area contributed by atoms with Crippen molar-refractivity contribution in [1.82, 2.24) is 0 Å². The van der Waals surface area contributed by atoms with Crippen molar-refractivity contribution in [1.29, 1.82) is 0 Å². The Labute approximate surface area is 208 Å². The number of hydrogen-bond donors (Lipinski definition) is 4. The summed E-state index contributed by atoms with van der Waals surface area (Å²) in [6, 6.07) is 23.9. The molecule has 4 aromatic rings. The summed E-state index contributed by atoms with van der Waals surface area (Å²) in [6.07, 6.45) is 3.68. The maximum atomic E-state index is 12.6. The second kappa shape index (κ2) is 11.1. The molecule has 0 saturated heterocycles. The van der Waals surface area contributed by atoms with Gasteiger partial charge in [0, 0.05) is 40.7 Å². The molecule has 0 aliphatic heterocycles. The average molecular weight is 481 g/mol. The molecule has 0 radical (unpaired) electrons. The van der Waals surface area contributed by atoms with E-state index in [1.807, 2.05) is 36.0 Å². The number of aromatic nitrogens is 1. The van der Waals surface area contributed by atoms with Gasteiger partial charge in [-0.2, -0.15) is 0 Å². The molecule has 3 aromatic carbocycles. The lowest BCUT2D eigenvalue weighted by Gasteiger charge is -2.09. The Balaban J connectivity index is 1.33. The van der Waals surface area contributed by atoms with Crippen molar-refractivity contribution in [3.63, 3.8) is 0 Å². The fourth-order valence-electron chi connectivity index (χ4n) is 3.47. The summed E-state index contributed by atoms with van der Waals surface area (Å²) in [5.74, 6) is -0.850. The quantitative estimate of drug-likeness (QED) is 0.302. The van der Waals surface area contributed by atoms with Gasteiger partial charge in [0.1, 0.15) is 12.7 Å². The number of carbonyl (C=O) groups is 3. The van der Waals surface area contributed by atoms with E-state index in [4.69, 9.17) is 5.73 Å². The van der Waals surface area contributed by atoms with Gasteiger partial charge in [-0.3, -0.25) is 14.4 Å². The van der Waals surface area contributed by atoms with Crippen molar-refractivity contribution in [3.8, 4) is 0 Å². The first-order valence-electron chi connectivity index (χ1n) is 11.3. The molecule has 0 aliphatic rings. The molecule has 4 rings (SSSR count). The molecule has 0 atom stereocenters. The van der Waals surface area contributed by atoms with Gasteiger partial charge in [0.15, 0.2) is 12.4 Å². The first kappa shape index (κ1) is 24.3. The van der Waals surface area contributed by atoms with E-state index in [1.54, 1.807) is 72.9 Å². The van der Waals surface area contributed by atoms with Crippen LogP contribution in [0.1, 0.15) is 36.6 Å². The molecule has 1 heterocycles. The number of benzene rings is 3. The summed E-state index contributed by atoms with van der Waals surface area (Å²) < 4.78 is 1.84. The molecule has 5 N–H and O–H groups in total. The number of nitrogens with zero attached hydrogens (tertiary/aromatic N) is 1. The second-order valence-corrected chi connectivity index (χ2v) is 8.18. The molecule has 8 nitrogen and oxygen atoms in total. The molecule has 0 unspecified atom stereocenters. The van der Waals surface area contributed by atoms with Gasteiger partial charge in [0.25, 0.3) is 17.7 Å². The summed E-state index contributed by atoms with van der Waals surface area (Å²) in [4.78, 5) is 37.6. The Morgan fingerprint density at radius 2 is 1.06 bits per heavy atom. The maximum absolute atomic E-state index is 12.6. The number of pyridine rings is 1. The van der Waals surface area contributed by atoms with E-state index in [1.165, 1.54) is 0 Å². The van der Waals surface area contributed by atoms with Crippen LogP contribution < -0.4 is 26.3 Å². The van der Waals surface area contributed by atoms with Crippen LogP contribution in [-0.2, 0) is 13.6 Å². The van der Waals surface area contributed by atoms with Gasteiger partial charge in [-0.1, -0.05) is 12.1 Å². The zero-order valence-corrected chi connectivity index (χ0v) is 19.7. The van der Waals surface area contributed by atoms with Gasteiger partial charge >= 0.3 is 0 Å². The van der Waals surface area contributed by atoms with Crippen LogP contribution in [0.4, 0.5) is 17.1 Å². The maximum Gasteiger partial charge on any atom is 0.255 e. The van der Waals surface area contributed by atoms with Crippen LogP contribution in [0.5, 0.6) is 0 Å². The number of amides is 3. The Kier molecular flexibility index (Phi) is 7.48. The van der Waals surface area contributed by atoms with Crippen molar-refractivity contribution in [3.05, 3.63) is 120 Å². The highest BCUT2D eigenvalue weighted by atomic mass is 16.2. The third-order valence-corrected chi connectivity index (χ3v) is 5.46. The van der Waals surface area contributed by atoms with Gasteiger partial charge in [0.2, 0.25) is 0 Å². The van der Waals surface area contributed by atoms with Gasteiger partial charge in [-0.05, 0) is 72.3 Å². The molecule has 36 heavy (non-hydrogen) atoms. The molecule has 1 aromatic heterocycles. The standard InChI is InChI=1S/C28H25N5O3/c1-33-16-2-3-25(18-33)32-28(36)22-10-14-24(15-11-22)31-27(35)21-8-6-20(7-9-21)26(34)30-23-12-4-19(17-29)5-13-23/h2-16,18H,17,29H2,1H3,(H2-,30,31,32,34,35,36)/p+1. The highest BCUT2D eigenvalue weighted by Gasteiger charge is 2.12. The third-order valence-electron chi connectivity index (χ3n) is 5.46. The molecular weight excluding hydrogens is 454 g/mol. The number of rotatable bonds is 7. The first-order chi connectivity index (χ1) is 17.4. The molecule has 180 valence electrons. The van der Waals surface area contributed by atoms with E-state index < -0.39 is 0 Å². The number of nitrogens with two attached hydrogens (primary N) is 1. The topological polar surface area (TPSA) is 117 Å². The van der Waals surface area contributed by atoms with Crippen molar-refractivity contribution >= 4 is 34.8 Å². The zero-order chi connectivity index (χ0) is 25.5. The lowest BCUT2D eigenvalue weighted by Crippen LogP contribution is -2.27. The average Bonchev–Trinajstić information content (AvgIpc) is 2.89. The minimum absolute atomic E-state index is 0.247. The van der Waals surface area contributed by atoms with Crippen LogP contribution in [0, 0.1) is 0 Å². The van der Waals surface area contributed by atoms with Crippen molar-refractivity contribution in [2.75, 3.05) is 16.0 Å². The summed E-state index contributed by atoms with van der Waals surface area (Å²) >= 11 is 0. The summed E-state index contributed by atoms with van der Waals surface area (Å²) in [5.41, 5.74) is 9.75. The molecule has 3 amide bonds. The van der Waals surface area contributed by atoms with Crippen LogP contribution in [0.3, 0.4) is 0 Å². The van der Waals surface area contributed by atoms with Crippen molar-refractivity contribution in [2.24, 2.45) is 12.8 Å². The van der Waals surface area contributed by atoms with Crippen molar-refractivity contribution in [2.45, 2.75) is 6.54 Å². The largest absolute Gasteiger partial charge is 0.326 e. The normalized spacial score (nSPS) is 10.4. The third kappa shape index (κ3) is 6.19. The molecule has 0 aliphatic carbocycles. The summed E-state index contributed by atoms with van der Waals surface area (Å²) in [7, 11) is 1.87. The number of anilines is 3. The Morgan fingerprint density at radius 3 is 1.50 bits per heavy atom. The van der Waals surface area contributed by atoms with Crippen LogP contribution in [0.2, 0.25) is 0 Å². The molecular formula is C28H26N5O3+. The highest BCUT2D eigenvalue weighted by Crippen LogP contribution is 2.15. The summed E-state index contributed by atoms with van der Waals surface area (Å²) in [6.45, 7) is 0.435. The van der Waals surface area contributed by atoms with E-state index >= 15 is 0 Å². The highest BCUT2D eigenvalue weighted by molar-refractivity contribution is 6.08. The number of hydrogen-bond acceptors (Lipinski definition) is 4. The fraction of sp³-hybridized carbons (Fsp3) is 0.0714. The van der Waals surface area contributed by atoms with E-state index in [9.17, 15) is 14.4 Å². The first-order valence-corrected chi connectivity index (χ1v) is 11.3. The zero-order valence-electron chi connectivity index (χ0n) is 19.7. The van der Waals surface area contributed by atoms with E-state index in [0.717, 1.165) is 5.56 Å². The second-order valence-electron chi connectivity index (χ2n) is 8.18. The SMILES string of the molecule is C[n+]1cccc(NC(=O)c2ccc(NC(=O)c3ccc(C(=O)Nc4ccc(CN)cc4)cc3)cc2)c1. The lowest BCUT2D eigenvalue weighted by atomic mass is 10.1. The fourth-order valence-corrected chi connectivity index (χ4v) is 3.47. The number of carbonyl (C=O) groups excluding carboxylic acids is 3.